The third-order valence-corrected chi connectivity index (χ3v) is 3.36. The van der Waals surface area contributed by atoms with E-state index in [-0.39, 0.29) is 0 Å². The maximum absolute atomic E-state index is 5.77. The lowest BCUT2D eigenvalue weighted by molar-refractivity contribution is 0.413. The normalized spacial score (nSPS) is 12.6. The van der Waals surface area contributed by atoms with Crippen molar-refractivity contribution in [2.75, 3.05) is 18.4 Å². The van der Waals surface area contributed by atoms with Crippen LogP contribution >= 0.6 is 0 Å². The van der Waals surface area contributed by atoms with Crippen LogP contribution in [0.2, 0.25) is 0 Å². The minimum Gasteiger partial charge on any atom is -0.385 e. The van der Waals surface area contributed by atoms with Gasteiger partial charge in [0.15, 0.2) is 0 Å². The van der Waals surface area contributed by atoms with Crippen LogP contribution in [0.3, 0.4) is 0 Å². The van der Waals surface area contributed by atoms with Gasteiger partial charge < -0.3 is 11.1 Å². The topological polar surface area (TPSA) is 68.8 Å². The Kier molecular flexibility index (Phi) is 4.52. The van der Waals surface area contributed by atoms with E-state index in [2.05, 4.69) is 29.2 Å². The molecule has 0 spiro atoms. The molecule has 0 aliphatic heterocycles. The molecule has 3 N–H and O–H groups in total. The number of anilines is 1. The van der Waals surface area contributed by atoms with Gasteiger partial charge in [0.25, 0.3) is 0 Å². The fourth-order valence-electron chi connectivity index (χ4n) is 1.91. The van der Waals surface area contributed by atoms with Crippen molar-refractivity contribution in [3.63, 3.8) is 0 Å². The summed E-state index contributed by atoms with van der Waals surface area (Å²) in [6.07, 6.45) is 3.21. The third-order valence-electron chi connectivity index (χ3n) is 3.36. The van der Waals surface area contributed by atoms with Crippen molar-refractivity contribution in [1.82, 2.24) is 14.8 Å². The molecule has 2 rings (SSSR count). The summed E-state index contributed by atoms with van der Waals surface area (Å²) in [6.45, 7) is 6.01. The van der Waals surface area contributed by atoms with Gasteiger partial charge in [0.1, 0.15) is 12.7 Å². The Balaban J connectivity index is 1.96. The summed E-state index contributed by atoms with van der Waals surface area (Å²) in [5, 5.41) is 7.52. The molecule has 0 saturated heterocycles. The lowest BCUT2D eigenvalue weighted by atomic mass is 9.96. The number of benzene rings is 1. The van der Waals surface area contributed by atoms with Crippen LogP contribution in [0.4, 0.5) is 5.69 Å². The van der Waals surface area contributed by atoms with Crippen molar-refractivity contribution in [2.24, 2.45) is 17.6 Å². The molecule has 5 heteroatoms. The minimum atomic E-state index is 0.495. The maximum atomic E-state index is 5.77. The van der Waals surface area contributed by atoms with E-state index in [1.165, 1.54) is 6.33 Å². The van der Waals surface area contributed by atoms with Crippen LogP contribution in [0.1, 0.15) is 13.8 Å². The predicted molar refractivity (Wildman–Crippen MR) is 77.2 cm³/mol. The molecule has 5 nitrogen and oxygen atoms in total. The molecule has 1 atom stereocenters. The van der Waals surface area contributed by atoms with Crippen LogP contribution in [-0.4, -0.2) is 27.9 Å². The van der Waals surface area contributed by atoms with Crippen LogP contribution in [-0.2, 0) is 0 Å². The average Bonchev–Trinajstić information content (AvgIpc) is 2.94. The minimum absolute atomic E-state index is 0.495. The quantitative estimate of drug-likeness (QED) is 0.831. The van der Waals surface area contributed by atoms with Crippen LogP contribution in [0.5, 0.6) is 0 Å². The van der Waals surface area contributed by atoms with E-state index in [1.54, 1.807) is 11.0 Å². The van der Waals surface area contributed by atoms with E-state index in [0.29, 0.717) is 18.4 Å². The van der Waals surface area contributed by atoms with Gasteiger partial charge in [0.05, 0.1) is 5.69 Å². The number of rotatable bonds is 6. The Morgan fingerprint density at radius 2 is 2.00 bits per heavy atom. The van der Waals surface area contributed by atoms with Crippen molar-refractivity contribution in [3.8, 4) is 5.69 Å². The van der Waals surface area contributed by atoms with Gasteiger partial charge in [0.2, 0.25) is 0 Å². The summed E-state index contributed by atoms with van der Waals surface area (Å²) in [4.78, 5) is 3.93. The van der Waals surface area contributed by atoms with Crippen LogP contribution < -0.4 is 11.1 Å². The second-order valence-corrected chi connectivity index (χ2v) is 5.01. The number of hydrogen-bond donors (Lipinski definition) is 2. The van der Waals surface area contributed by atoms with E-state index in [1.807, 2.05) is 24.3 Å². The smallest absolute Gasteiger partial charge is 0.138 e. The molecule has 0 radical (unpaired) electrons. The zero-order valence-corrected chi connectivity index (χ0v) is 11.5. The highest BCUT2D eigenvalue weighted by Crippen LogP contribution is 2.14. The van der Waals surface area contributed by atoms with Crippen molar-refractivity contribution < 1.29 is 0 Å². The van der Waals surface area contributed by atoms with E-state index < -0.39 is 0 Å². The largest absolute Gasteiger partial charge is 0.385 e. The fraction of sp³-hybridized carbons (Fsp3) is 0.429. The molecule has 2 aromatic rings. The third kappa shape index (κ3) is 3.54. The fourth-order valence-corrected chi connectivity index (χ4v) is 1.91. The standard InChI is InChI=1S/C14H21N5/c1-11(2)12(7-15)8-17-13-3-5-14(6-4-13)19-10-16-9-18-19/h3-6,9-12,17H,7-8,15H2,1-2H3. The molecule has 102 valence electrons. The number of aromatic nitrogens is 3. The Morgan fingerprint density at radius 1 is 1.26 bits per heavy atom. The second kappa shape index (κ2) is 6.33. The molecule has 0 amide bonds. The molecule has 0 aliphatic rings. The summed E-state index contributed by atoms with van der Waals surface area (Å²) < 4.78 is 1.74. The molecule has 1 heterocycles. The van der Waals surface area contributed by atoms with Gasteiger partial charge in [-0.15, -0.1) is 0 Å². The summed E-state index contributed by atoms with van der Waals surface area (Å²) in [5.74, 6) is 1.09. The van der Waals surface area contributed by atoms with Gasteiger partial charge in [-0.2, -0.15) is 5.10 Å². The lowest BCUT2D eigenvalue weighted by Gasteiger charge is -2.20. The summed E-state index contributed by atoms with van der Waals surface area (Å²) in [6, 6.07) is 8.13. The average molecular weight is 259 g/mol. The van der Waals surface area contributed by atoms with Crippen LogP contribution in [0, 0.1) is 11.8 Å². The molecule has 0 aliphatic carbocycles. The van der Waals surface area contributed by atoms with Crippen molar-refractivity contribution in [1.29, 1.82) is 0 Å². The molecule has 0 bridgehead atoms. The molecular formula is C14H21N5. The first kappa shape index (κ1) is 13.5. The van der Waals surface area contributed by atoms with E-state index >= 15 is 0 Å². The van der Waals surface area contributed by atoms with Gasteiger partial charge in [-0.05, 0) is 42.6 Å². The van der Waals surface area contributed by atoms with Crippen molar-refractivity contribution in [2.45, 2.75) is 13.8 Å². The SMILES string of the molecule is CC(C)C(CN)CNc1ccc(-n2cncn2)cc1. The van der Waals surface area contributed by atoms with E-state index in [9.17, 15) is 0 Å². The number of hydrogen-bond acceptors (Lipinski definition) is 4. The van der Waals surface area contributed by atoms with Gasteiger partial charge in [-0.3, -0.25) is 0 Å². The van der Waals surface area contributed by atoms with Gasteiger partial charge in [-0.1, -0.05) is 13.8 Å². The van der Waals surface area contributed by atoms with E-state index in [0.717, 1.165) is 17.9 Å². The van der Waals surface area contributed by atoms with Crippen molar-refractivity contribution in [3.05, 3.63) is 36.9 Å². The lowest BCUT2D eigenvalue weighted by Crippen LogP contribution is -2.27. The molecule has 1 aromatic carbocycles. The number of nitrogens with zero attached hydrogens (tertiary/aromatic N) is 3. The zero-order chi connectivity index (χ0) is 13.7. The molecule has 1 unspecified atom stereocenters. The molecular weight excluding hydrogens is 238 g/mol. The Morgan fingerprint density at radius 3 is 2.53 bits per heavy atom. The van der Waals surface area contributed by atoms with Gasteiger partial charge in [0, 0.05) is 12.2 Å². The highest BCUT2D eigenvalue weighted by Gasteiger charge is 2.10. The maximum Gasteiger partial charge on any atom is 0.138 e. The molecule has 0 saturated carbocycles. The molecule has 1 aromatic heterocycles. The summed E-state index contributed by atoms with van der Waals surface area (Å²) >= 11 is 0. The molecule has 0 fully saturated rings. The highest BCUT2D eigenvalue weighted by molar-refractivity contribution is 5.48. The summed E-state index contributed by atoms with van der Waals surface area (Å²) in [5.41, 5.74) is 7.87. The number of nitrogens with one attached hydrogen (secondary N) is 1. The van der Waals surface area contributed by atoms with Crippen molar-refractivity contribution >= 4 is 5.69 Å². The summed E-state index contributed by atoms with van der Waals surface area (Å²) in [7, 11) is 0. The second-order valence-electron chi connectivity index (χ2n) is 5.01. The predicted octanol–water partition coefficient (Wildman–Crippen LogP) is 1.91. The molecule has 19 heavy (non-hydrogen) atoms. The van der Waals surface area contributed by atoms with Crippen LogP contribution in [0.25, 0.3) is 5.69 Å². The Hall–Kier alpha value is -1.88. The van der Waals surface area contributed by atoms with E-state index in [4.69, 9.17) is 5.73 Å². The Labute approximate surface area is 113 Å². The highest BCUT2D eigenvalue weighted by atomic mass is 15.3. The monoisotopic (exact) mass is 259 g/mol. The van der Waals surface area contributed by atoms with Crippen LogP contribution in [0.15, 0.2) is 36.9 Å². The zero-order valence-electron chi connectivity index (χ0n) is 11.5. The Bertz CT molecular complexity index is 475. The first-order chi connectivity index (χ1) is 9.20. The first-order valence-corrected chi connectivity index (χ1v) is 6.59. The number of nitrogens with two attached hydrogens (primary N) is 1. The first-order valence-electron chi connectivity index (χ1n) is 6.59. The van der Waals surface area contributed by atoms with Gasteiger partial charge in [-0.25, -0.2) is 9.67 Å². The van der Waals surface area contributed by atoms with Gasteiger partial charge >= 0.3 is 0 Å².